The normalized spacial score (nSPS) is 23.8. The fourth-order valence-electron chi connectivity index (χ4n) is 7.35. The number of unbranched alkanes of at least 4 members (excludes halogenated alkanes) is 3. The van der Waals surface area contributed by atoms with E-state index in [0.29, 0.717) is 18.3 Å². The van der Waals surface area contributed by atoms with Crippen molar-refractivity contribution in [1.82, 2.24) is 0 Å². The lowest BCUT2D eigenvalue weighted by Gasteiger charge is -2.42. The van der Waals surface area contributed by atoms with Crippen LogP contribution >= 0.6 is 0 Å². The molecule has 0 amide bonds. The summed E-state index contributed by atoms with van der Waals surface area (Å²) in [4.78, 5) is 0. The molecule has 17 heteroatoms. The van der Waals surface area contributed by atoms with Gasteiger partial charge in [0.15, 0.2) is 0 Å². The molecule has 0 heterocycles. The lowest BCUT2D eigenvalue weighted by molar-refractivity contribution is -0.462. The largest absolute Gasteiger partial charge is 0.460 e. The summed E-state index contributed by atoms with van der Waals surface area (Å²) >= 11 is 0. The summed E-state index contributed by atoms with van der Waals surface area (Å²) in [6, 6.07) is 1.65. The maximum Gasteiger partial charge on any atom is 0.460 e. The van der Waals surface area contributed by atoms with E-state index in [0.717, 1.165) is 43.7 Å². The third kappa shape index (κ3) is 8.11. The van der Waals surface area contributed by atoms with Crippen molar-refractivity contribution in [3.05, 3.63) is 35.4 Å². The van der Waals surface area contributed by atoms with E-state index in [1.807, 2.05) is 0 Å². The van der Waals surface area contributed by atoms with Crippen LogP contribution in [0.3, 0.4) is 0 Å². The maximum absolute atomic E-state index is 14.6. The zero-order valence-corrected chi connectivity index (χ0v) is 27.7. The van der Waals surface area contributed by atoms with Crippen LogP contribution in [0.1, 0.15) is 108 Å². The Morgan fingerprint density at radius 2 is 0.843 bits per heavy atom. The molecular weight excluding hydrogens is 731 g/mol. The minimum Gasteiger partial charge on any atom is -0.194 e. The molecule has 0 aromatic heterocycles. The van der Waals surface area contributed by atoms with E-state index < -0.39 is 53.2 Å². The lowest BCUT2D eigenvalue weighted by Crippen LogP contribution is -2.74. The Kier molecular flexibility index (Phi) is 13.1. The minimum atomic E-state index is -8.63. The molecule has 2 aliphatic carbocycles. The molecule has 0 atom stereocenters. The van der Waals surface area contributed by atoms with E-state index in [-0.39, 0.29) is 30.0 Å². The summed E-state index contributed by atoms with van der Waals surface area (Å²) in [6.07, 6.45) is 7.76. The standard InChI is InChI=1S/C34H41F17/c1-2-3-4-5-6-21-9-15-24(16-10-21)25-17-11-22(12-18-25)7-8-23-13-19-26(20-14-23)27(35,36)28(37,38)29(39,40)30(41,42)31(43,44)32(45,46)33(47,48)34(49,50)51/h13-14,19-22,24-25H,2-12,15-18H2,1H3/t21-,22?,24-,25?. The van der Waals surface area contributed by atoms with Crippen molar-refractivity contribution in [1.29, 1.82) is 0 Å². The first-order valence-electron chi connectivity index (χ1n) is 17.0. The fourth-order valence-corrected chi connectivity index (χ4v) is 7.35. The summed E-state index contributed by atoms with van der Waals surface area (Å²) in [5.74, 6) is -54.2. The molecule has 0 N–H and O–H groups in total. The van der Waals surface area contributed by atoms with Gasteiger partial charge in [-0.3, -0.25) is 0 Å². The Balaban J connectivity index is 1.61. The van der Waals surface area contributed by atoms with Gasteiger partial charge in [0, 0.05) is 5.56 Å². The number of alkyl halides is 17. The SMILES string of the molecule is CCCCCC[C@H]1CC[C@H](C2CCC(CCc3ccc(C(F)(F)C(F)(F)C(F)(F)C(F)(F)C(F)(F)C(F)(F)C(F)(F)C(F)(F)F)cc3)CC2)CC1. The molecule has 51 heavy (non-hydrogen) atoms. The van der Waals surface area contributed by atoms with Crippen LogP contribution in [0.2, 0.25) is 0 Å². The minimum absolute atomic E-state index is 0.0824. The molecule has 0 unspecified atom stereocenters. The van der Waals surface area contributed by atoms with Gasteiger partial charge in [0.1, 0.15) is 0 Å². The zero-order chi connectivity index (χ0) is 38.9. The molecule has 2 fully saturated rings. The third-order valence-corrected chi connectivity index (χ3v) is 10.8. The van der Waals surface area contributed by atoms with E-state index in [2.05, 4.69) is 6.92 Å². The highest BCUT2D eigenvalue weighted by atomic mass is 19.4. The molecule has 0 radical (unpaired) electrons. The lowest BCUT2D eigenvalue weighted by atomic mass is 9.68. The Morgan fingerprint density at radius 1 is 0.451 bits per heavy atom. The molecule has 0 aliphatic heterocycles. The van der Waals surface area contributed by atoms with Gasteiger partial charge in [-0.25, -0.2) is 0 Å². The second kappa shape index (κ2) is 15.4. The quantitative estimate of drug-likeness (QED) is 0.116. The van der Waals surface area contributed by atoms with Crippen LogP contribution in [0.25, 0.3) is 0 Å². The van der Waals surface area contributed by atoms with Gasteiger partial charge in [0.25, 0.3) is 0 Å². The molecule has 296 valence electrons. The number of rotatable bonds is 16. The van der Waals surface area contributed by atoms with Crippen molar-refractivity contribution in [2.75, 3.05) is 0 Å². The Hall–Kier alpha value is -1.97. The number of hydrogen-bond acceptors (Lipinski definition) is 0. The van der Waals surface area contributed by atoms with E-state index >= 15 is 0 Å². The van der Waals surface area contributed by atoms with Crippen LogP contribution < -0.4 is 0 Å². The van der Waals surface area contributed by atoms with Crippen LogP contribution in [-0.2, 0) is 12.3 Å². The van der Waals surface area contributed by atoms with Crippen LogP contribution in [0.5, 0.6) is 0 Å². The summed E-state index contributed by atoms with van der Waals surface area (Å²) in [7, 11) is 0. The molecule has 3 rings (SSSR count). The van der Waals surface area contributed by atoms with Crippen molar-refractivity contribution in [3.63, 3.8) is 0 Å². The van der Waals surface area contributed by atoms with Gasteiger partial charge in [-0.05, 0) is 67.8 Å². The molecule has 0 spiro atoms. The predicted octanol–water partition coefficient (Wildman–Crippen LogP) is 13.7. The first-order chi connectivity index (χ1) is 23.2. The molecule has 0 nitrogen and oxygen atoms in total. The Morgan fingerprint density at radius 3 is 1.25 bits per heavy atom. The second-order valence-corrected chi connectivity index (χ2v) is 14.2. The molecule has 1 aromatic carbocycles. The molecule has 2 saturated carbocycles. The van der Waals surface area contributed by atoms with Crippen molar-refractivity contribution in [3.8, 4) is 0 Å². The van der Waals surface area contributed by atoms with E-state index in [1.165, 1.54) is 57.8 Å². The first kappa shape index (κ1) is 43.4. The average molecular weight is 773 g/mol. The van der Waals surface area contributed by atoms with Crippen molar-refractivity contribution < 1.29 is 74.6 Å². The molecular formula is C34H41F17. The van der Waals surface area contributed by atoms with Gasteiger partial charge >= 0.3 is 47.6 Å². The van der Waals surface area contributed by atoms with Gasteiger partial charge in [-0.15, -0.1) is 0 Å². The zero-order valence-electron chi connectivity index (χ0n) is 27.7. The topological polar surface area (TPSA) is 0 Å². The molecule has 0 saturated heterocycles. The van der Waals surface area contributed by atoms with Gasteiger partial charge in [0.2, 0.25) is 0 Å². The number of halogens is 17. The molecule has 0 bridgehead atoms. The number of hydrogen-bond donors (Lipinski definition) is 0. The highest BCUT2D eigenvalue weighted by Gasteiger charge is 2.95. The van der Waals surface area contributed by atoms with Crippen molar-refractivity contribution >= 4 is 0 Å². The van der Waals surface area contributed by atoms with E-state index in [9.17, 15) is 74.6 Å². The summed E-state index contributed by atoms with van der Waals surface area (Å²) in [6.45, 7) is 2.17. The van der Waals surface area contributed by atoms with Crippen molar-refractivity contribution in [2.45, 2.75) is 151 Å². The average Bonchev–Trinajstić information content (AvgIpc) is 3.05. The highest BCUT2D eigenvalue weighted by Crippen LogP contribution is 2.65. The van der Waals surface area contributed by atoms with E-state index in [4.69, 9.17) is 0 Å². The molecule has 1 aromatic rings. The summed E-state index contributed by atoms with van der Waals surface area (Å²) < 4.78 is 232. The highest BCUT2D eigenvalue weighted by molar-refractivity contribution is 5.30. The smallest absolute Gasteiger partial charge is 0.194 e. The number of benzene rings is 1. The Labute approximate surface area is 284 Å². The first-order valence-corrected chi connectivity index (χ1v) is 17.0. The van der Waals surface area contributed by atoms with Gasteiger partial charge < -0.3 is 0 Å². The second-order valence-electron chi connectivity index (χ2n) is 14.2. The summed E-state index contributed by atoms with van der Waals surface area (Å²) in [5.41, 5.74) is -1.95. The van der Waals surface area contributed by atoms with Crippen LogP contribution in [0.4, 0.5) is 74.6 Å². The summed E-state index contributed by atoms with van der Waals surface area (Å²) in [5, 5.41) is 0. The monoisotopic (exact) mass is 772 g/mol. The van der Waals surface area contributed by atoms with Crippen LogP contribution in [0.15, 0.2) is 24.3 Å². The number of aryl methyl sites for hydroxylation is 1. The third-order valence-electron chi connectivity index (χ3n) is 10.8. The Bertz CT molecular complexity index is 1240. The van der Waals surface area contributed by atoms with Gasteiger partial charge in [0.05, 0.1) is 0 Å². The predicted molar refractivity (Wildman–Crippen MR) is 154 cm³/mol. The molecule has 2 aliphatic rings. The van der Waals surface area contributed by atoms with Crippen molar-refractivity contribution in [2.24, 2.45) is 23.7 Å². The van der Waals surface area contributed by atoms with E-state index in [1.54, 1.807) is 0 Å². The van der Waals surface area contributed by atoms with Gasteiger partial charge in [-0.2, -0.15) is 74.6 Å². The maximum atomic E-state index is 14.6. The van der Waals surface area contributed by atoms with Gasteiger partial charge in [-0.1, -0.05) is 89.0 Å². The van der Waals surface area contributed by atoms with Crippen LogP contribution in [-0.4, -0.2) is 41.7 Å². The fraction of sp³-hybridized carbons (Fsp3) is 0.824. The van der Waals surface area contributed by atoms with Crippen LogP contribution in [0, 0.1) is 23.7 Å².